The molecule has 2 fully saturated rings. The standard InChI is InChI=1S/C50H84O15/c1-3-5-7-9-11-13-15-16-17-18-19-20-21-22-23-25-27-29-31-33-42(53)63-38(35-60-41(52)32-30-28-26-24-14-12-10-8-6-4-2)36-61-49-48(59)46(57)44(55)40(65-49)37-62-50-47(58)45(56)43(54)39(34-51)64-50/h5,7-8,10-11,13,16-17,19-20,38-40,43-51,54-59H,3-4,6,9,12,14-15,18,21-37H2,1-2H3/b7-5-,10-8-,13-11-,17-16-,20-19-. The lowest BCUT2D eigenvalue weighted by Gasteiger charge is -2.42. The highest BCUT2D eigenvalue weighted by molar-refractivity contribution is 5.70. The molecule has 0 spiro atoms. The van der Waals surface area contributed by atoms with Crippen LogP contribution in [0.4, 0.5) is 0 Å². The van der Waals surface area contributed by atoms with E-state index in [9.17, 15) is 45.3 Å². The van der Waals surface area contributed by atoms with Crippen LogP contribution in [-0.2, 0) is 38.0 Å². The van der Waals surface area contributed by atoms with E-state index < -0.39 is 99.3 Å². The fourth-order valence-corrected chi connectivity index (χ4v) is 7.21. The molecule has 7 N–H and O–H groups in total. The van der Waals surface area contributed by atoms with Gasteiger partial charge in [-0.1, -0.05) is 126 Å². The molecule has 0 aromatic heterocycles. The number of hydrogen-bond donors (Lipinski definition) is 7. The number of carbonyl (C=O) groups excluding carboxylic acids is 2. The van der Waals surface area contributed by atoms with E-state index in [2.05, 4.69) is 74.6 Å². The van der Waals surface area contributed by atoms with E-state index in [1.54, 1.807) is 0 Å². The summed E-state index contributed by atoms with van der Waals surface area (Å²) < 4.78 is 33.5. The predicted octanol–water partition coefficient (Wildman–Crippen LogP) is 6.10. The number of ether oxygens (including phenoxy) is 6. The zero-order chi connectivity index (χ0) is 47.5. The van der Waals surface area contributed by atoms with Crippen LogP contribution in [0.15, 0.2) is 60.8 Å². The summed E-state index contributed by atoms with van der Waals surface area (Å²) in [6, 6.07) is 0. The summed E-state index contributed by atoms with van der Waals surface area (Å²) in [4.78, 5) is 25.7. The van der Waals surface area contributed by atoms with Gasteiger partial charge in [-0.3, -0.25) is 9.59 Å². The normalized spacial score (nSPS) is 26.9. The third-order valence-electron chi connectivity index (χ3n) is 11.2. The minimum atomic E-state index is -1.77. The topological polar surface area (TPSA) is 231 Å². The van der Waals surface area contributed by atoms with Crippen molar-refractivity contribution in [3.8, 4) is 0 Å². The van der Waals surface area contributed by atoms with Gasteiger partial charge in [-0.2, -0.15) is 0 Å². The summed E-state index contributed by atoms with van der Waals surface area (Å²) >= 11 is 0. The molecule has 15 heteroatoms. The monoisotopic (exact) mass is 925 g/mol. The Kier molecular flexibility index (Phi) is 33.4. The second kappa shape index (κ2) is 37.2. The van der Waals surface area contributed by atoms with E-state index in [-0.39, 0.29) is 19.4 Å². The van der Waals surface area contributed by atoms with Crippen LogP contribution in [0.3, 0.4) is 0 Å². The summed E-state index contributed by atoms with van der Waals surface area (Å²) in [6.07, 6.45) is 24.0. The first-order valence-electron chi connectivity index (χ1n) is 24.4. The Bertz CT molecular complexity index is 1370. The number of aliphatic hydroxyl groups is 7. The summed E-state index contributed by atoms with van der Waals surface area (Å²) in [5.41, 5.74) is 0. The zero-order valence-corrected chi connectivity index (χ0v) is 39.2. The van der Waals surface area contributed by atoms with Crippen molar-refractivity contribution in [1.29, 1.82) is 0 Å². The minimum Gasteiger partial charge on any atom is -0.462 e. The van der Waals surface area contributed by atoms with Gasteiger partial charge in [0, 0.05) is 12.8 Å². The van der Waals surface area contributed by atoms with Crippen LogP contribution < -0.4 is 0 Å². The molecule has 2 saturated heterocycles. The molecule has 0 aromatic carbocycles. The quantitative estimate of drug-likeness (QED) is 0.0214. The van der Waals surface area contributed by atoms with Crippen LogP contribution in [0.1, 0.15) is 149 Å². The number of allylic oxidation sites excluding steroid dienone is 10. The van der Waals surface area contributed by atoms with Gasteiger partial charge in [-0.25, -0.2) is 0 Å². The molecule has 2 aliphatic heterocycles. The highest BCUT2D eigenvalue weighted by Crippen LogP contribution is 2.26. The van der Waals surface area contributed by atoms with Crippen molar-refractivity contribution in [2.24, 2.45) is 0 Å². The molecule has 15 nitrogen and oxygen atoms in total. The van der Waals surface area contributed by atoms with Gasteiger partial charge in [0.05, 0.1) is 19.8 Å². The molecule has 0 radical (unpaired) electrons. The van der Waals surface area contributed by atoms with E-state index in [0.29, 0.717) is 12.8 Å². The van der Waals surface area contributed by atoms with Crippen molar-refractivity contribution in [2.75, 3.05) is 26.4 Å². The van der Waals surface area contributed by atoms with Crippen molar-refractivity contribution in [3.63, 3.8) is 0 Å². The third-order valence-corrected chi connectivity index (χ3v) is 11.2. The maximum atomic E-state index is 13.0. The van der Waals surface area contributed by atoms with Crippen LogP contribution in [-0.4, -0.2) is 142 Å². The van der Waals surface area contributed by atoms with Gasteiger partial charge in [0.1, 0.15) is 55.4 Å². The molecule has 0 saturated carbocycles. The number of esters is 2. The van der Waals surface area contributed by atoms with Gasteiger partial charge < -0.3 is 64.2 Å². The number of hydrogen-bond acceptors (Lipinski definition) is 15. The van der Waals surface area contributed by atoms with Gasteiger partial charge in [-0.15, -0.1) is 0 Å². The lowest BCUT2D eigenvalue weighted by Crippen LogP contribution is -2.61. The van der Waals surface area contributed by atoms with Gasteiger partial charge in [0.15, 0.2) is 18.7 Å². The third kappa shape index (κ3) is 25.8. The Balaban J connectivity index is 1.82. The molecule has 0 bridgehead atoms. The lowest BCUT2D eigenvalue weighted by molar-refractivity contribution is -0.332. The van der Waals surface area contributed by atoms with Crippen LogP contribution in [0.5, 0.6) is 0 Å². The van der Waals surface area contributed by atoms with Crippen molar-refractivity contribution in [2.45, 2.75) is 216 Å². The van der Waals surface area contributed by atoms with Crippen LogP contribution >= 0.6 is 0 Å². The molecule has 2 aliphatic rings. The second-order valence-corrected chi connectivity index (χ2v) is 16.9. The second-order valence-electron chi connectivity index (χ2n) is 16.9. The molecule has 65 heavy (non-hydrogen) atoms. The van der Waals surface area contributed by atoms with Crippen molar-refractivity contribution < 1.29 is 73.8 Å². The zero-order valence-electron chi connectivity index (χ0n) is 39.2. The smallest absolute Gasteiger partial charge is 0.306 e. The molecule has 2 heterocycles. The first kappa shape index (κ1) is 58.3. The Hall–Kier alpha value is -2.80. The molecule has 2 rings (SSSR count). The van der Waals surface area contributed by atoms with E-state index in [1.807, 2.05) is 0 Å². The maximum absolute atomic E-state index is 13.0. The van der Waals surface area contributed by atoms with E-state index in [1.165, 1.54) is 0 Å². The van der Waals surface area contributed by atoms with Gasteiger partial charge >= 0.3 is 11.9 Å². The highest BCUT2D eigenvalue weighted by Gasteiger charge is 2.47. The molecule has 0 aromatic rings. The molecule has 0 amide bonds. The number of unbranched alkanes of at least 4 members (excludes halogenated alkanes) is 12. The lowest BCUT2D eigenvalue weighted by atomic mass is 9.98. The molecular formula is C50H84O15. The fraction of sp³-hybridized carbons (Fsp3) is 0.760. The number of aliphatic hydroxyl groups excluding tert-OH is 7. The Morgan fingerprint density at radius 1 is 0.508 bits per heavy atom. The van der Waals surface area contributed by atoms with Gasteiger partial charge in [0.2, 0.25) is 0 Å². The van der Waals surface area contributed by atoms with Crippen molar-refractivity contribution >= 4 is 11.9 Å². The van der Waals surface area contributed by atoms with Gasteiger partial charge in [-0.05, 0) is 70.6 Å². The summed E-state index contributed by atoms with van der Waals surface area (Å²) in [7, 11) is 0. The average Bonchev–Trinajstić information content (AvgIpc) is 3.30. The maximum Gasteiger partial charge on any atom is 0.306 e. The summed E-state index contributed by atoms with van der Waals surface area (Å²) in [5.74, 6) is -0.960. The number of carbonyl (C=O) groups is 2. The average molecular weight is 925 g/mol. The van der Waals surface area contributed by atoms with Gasteiger partial charge in [0.25, 0.3) is 0 Å². The van der Waals surface area contributed by atoms with Crippen molar-refractivity contribution in [3.05, 3.63) is 60.8 Å². The molecule has 0 aliphatic carbocycles. The fourth-order valence-electron chi connectivity index (χ4n) is 7.21. The molecular weight excluding hydrogens is 841 g/mol. The van der Waals surface area contributed by atoms with Crippen molar-refractivity contribution in [1.82, 2.24) is 0 Å². The minimum absolute atomic E-state index is 0.144. The Labute approximate surface area is 388 Å². The van der Waals surface area contributed by atoms with Crippen LogP contribution in [0, 0.1) is 0 Å². The largest absolute Gasteiger partial charge is 0.462 e. The molecule has 374 valence electrons. The summed E-state index contributed by atoms with van der Waals surface area (Å²) in [6.45, 7) is 2.36. The van der Waals surface area contributed by atoms with E-state index in [0.717, 1.165) is 109 Å². The SMILES string of the molecule is CC/C=C\C/C=C\C/C=C\C/C=C\CCCCCCCCC(=O)OC(COC(=O)CCCCCCC/C=C\CCC)COC1OC(COC2OC(CO)C(O)C(O)C2O)C(O)C(O)C1O. The van der Waals surface area contributed by atoms with Crippen LogP contribution in [0.25, 0.3) is 0 Å². The first-order chi connectivity index (χ1) is 31.5. The van der Waals surface area contributed by atoms with E-state index >= 15 is 0 Å². The summed E-state index contributed by atoms with van der Waals surface area (Å²) in [5, 5.41) is 71.9. The Morgan fingerprint density at radius 3 is 1.54 bits per heavy atom. The van der Waals surface area contributed by atoms with E-state index in [4.69, 9.17) is 28.4 Å². The molecule has 11 atom stereocenters. The highest BCUT2D eigenvalue weighted by atomic mass is 16.7. The molecule has 11 unspecified atom stereocenters. The number of rotatable bonds is 36. The van der Waals surface area contributed by atoms with Crippen LogP contribution in [0.2, 0.25) is 0 Å². The Morgan fingerprint density at radius 2 is 0.969 bits per heavy atom. The first-order valence-corrected chi connectivity index (χ1v) is 24.4. The predicted molar refractivity (Wildman–Crippen MR) is 247 cm³/mol.